The van der Waals surface area contributed by atoms with Gasteiger partial charge in [-0.05, 0) is 46.5 Å². The molecule has 6 heteroatoms. The molecule has 1 aromatic rings. The van der Waals surface area contributed by atoms with Gasteiger partial charge in [0.15, 0.2) is 9.84 Å². The molecule has 0 amide bonds. The van der Waals surface area contributed by atoms with Gasteiger partial charge in [0.25, 0.3) is 0 Å². The summed E-state index contributed by atoms with van der Waals surface area (Å²) in [7, 11) is -1.38. The molecule has 19 heavy (non-hydrogen) atoms. The summed E-state index contributed by atoms with van der Waals surface area (Å²) in [5.74, 6) is 1.05. The number of halogens is 2. The molecule has 1 aliphatic rings. The first kappa shape index (κ1) is 15.3. The van der Waals surface area contributed by atoms with E-state index in [0.717, 1.165) is 35.0 Å². The number of alkyl halides is 1. The lowest BCUT2D eigenvalue weighted by Crippen LogP contribution is -2.31. The highest BCUT2D eigenvalue weighted by Gasteiger charge is 2.35. The highest BCUT2D eigenvalue weighted by atomic mass is 79.9. The molecule has 1 aromatic carbocycles. The van der Waals surface area contributed by atoms with Crippen LogP contribution >= 0.6 is 31.9 Å². The van der Waals surface area contributed by atoms with E-state index in [1.807, 2.05) is 18.2 Å². The van der Waals surface area contributed by atoms with Crippen LogP contribution in [0.1, 0.15) is 29.7 Å². The Labute approximate surface area is 130 Å². The average Bonchev–Trinajstić information content (AvgIpc) is 2.37. The lowest BCUT2D eigenvalue weighted by Gasteiger charge is -2.27. The molecule has 0 N–H and O–H groups in total. The van der Waals surface area contributed by atoms with E-state index in [1.54, 1.807) is 7.11 Å². The summed E-state index contributed by atoms with van der Waals surface area (Å²) < 4.78 is 30.3. The van der Waals surface area contributed by atoms with Gasteiger partial charge in [-0.1, -0.05) is 28.4 Å². The van der Waals surface area contributed by atoms with Crippen LogP contribution < -0.4 is 4.74 Å². The predicted molar refractivity (Wildman–Crippen MR) is 83.8 cm³/mol. The topological polar surface area (TPSA) is 43.4 Å². The highest BCUT2D eigenvalue weighted by molar-refractivity contribution is 9.10. The third-order valence-corrected chi connectivity index (χ3v) is 7.87. The summed E-state index contributed by atoms with van der Waals surface area (Å²) in [5.41, 5.74) is 0.961. The zero-order valence-corrected chi connectivity index (χ0v) is 14.6. The smallest absolute Gasteiger partial charge is 0.154 e. The molecule has 0 saturated carbocycles. The van der Waals surface area contributed by atoms with E-state index >= 15 is 0 Å². The van der Waals surface area contributed by atoms with Crippen molar-refractivity contribution in [2.45, 2.75) is 29.3 Å². The number of benzene rings is 1. The molecule has 1 aliphatic heterocycles. The van der Waals surface area contributed by atoms with Gasteiger partial charge in [-0.15, -0.1) is 0 Å². The molecule has 1 saturated heterocycles. The van der Waals surface area contributed by atoms with Crippen LogP contribution in [-0.4, -0.2) is 26.5 Å². The third kappa shape index (κ3) is 3.34. The van der Waals surface area contributed by atoms with Gasteiger partial charge in [-0.25, -0.2) is 8.42 Å². The standard InChI is InChI=1S/C13H16Br2O3S/c1-18-11-6-5-9(8-10(11)14)13(15)12-4-2-3-7-19(12,16)17/h5-6,8,12-13H,2-4,7H2,1H3. The van der Waals surface area contributed by atoms with Gasteiger partial charge in [-0.3, -0.25) is 0 Å². The van der Waals surface area contributed by atoms with Crippen molar-refractivity contribution in [1.29, 1.82) is 0 Å². The van der Waals surface area contributed by atoms with Gasteiger partial charge in [0.2, 0.25) is 0 Å². The Morgan fingerprint density at radius 2 is 2.11 bits per heavy atom. The minimum atomic E-state index is -2.99. The number of methoxy groups -OCH3 is 1. The summed E-state index contributed by atoms with van der Waals surface area (Å²) in [6, 6.07) is 5.68. The normalized spacial score (nSPS) is 23.8. The minimum Gasteiger partial charge on any atom is -0.496 e. The average molecular weight is 412 g/mol. The molecule has 1 fully saturated rings. The molecular formula is C13H16Br2O3S. The zero-order chi connectivity index (χ0) is 14.0. The Kier molecular flexibility index (Phi) is 4.95. The first-order valence-electron chi connectivity index (χ1n) is 6.15. The first-order chi connectivity index (χ1) is 8.95. The van der Waals surface area contributed by atoms with E-state index in [2.05, 4.69) is 31.9 Å². The van der Waals surface area contributed by atoms with E-state index < -0.39 is 9.84 Å². The Hall–Kier alpha value is -0.0700. The highest BCUT2D eigenvalue weighted by Crippen LogP contribution is 2.39. The van der Waals surface area contributed by atoms with Crippen molar-refractivity contribution in [2.75, 3.05) is 12.9 Å². The second-order valence-electron chi connectivity index (χ2n) is 4.70. The van der Waals surface area contributed by atoms with Crippen LogP contribution in [0.3, 0.4) is 0 Å². The maximum Gasteiger partial charge on any atom is 0.154 e. The molecule has 0 bridgehead atoms. The molecule has 3 nitrogen and oxygen atoms in total. The fraction of sp³-hybridized carbons (Fsp3) is 0.538. The van der Waals surface area contributed by atoms with Crippen LogP contribution in [-0.2, 0) is 9.84 Å². The van der Waals surface area contributed by atoms with Crippen molar-refractivity contribution < 1.29 is 13.2 Å². The van der Waals surface area contributed by atoms with Crippen LogP contribution in [0.5, 0.6) is 5.75 Å². The Morgan fingerprint density at radius 1 is 1.37 bits per heavy atom. The summed E-state index contributed by atoms with van der Waals surface area (Å²) in [5, 5.41) is -0.332. The molecule has 0 radical (unpaired) electrons. The van der Waals surface area contributed by atoms with Crippen LogP contribution in [0.2, 0.25) is 0 Å². The molecular weight excluding hydrogens is 396 g/mol. The van der Waals surface area contributed by atoms with Gasteiger partial charge in [0.1, 0.15) is 5.75 Å². The van der Waals surface area contributed by atoms with Crippen molar-refractivity contribution in [3.63, 3.8) is 0 Å². The Balaban J connectivity index is 2.28. The van der Waals surface area contributed by atoms with Gasteiger partial charge >= 0.3 is 0 Å². The van der Waals surface area contributed by atoms with Crippen molar-refractivity contribution in [1.82, 2.24) is 0 Å². The maximum absolute atomic E-state index is 12.1. The summed E-state index contributed by atoms with van der Waals surface area (Å²) in [6.45, 7) is 0. The molecule has 2 rings (SSSR count). The number of hydrogen-bond donors (Lipinski definition) is 0. The van der Waals surface area contributed by atoms with Gasteiger partial charge in [0, 0.05) is 0 Å². The first-order valence-corrected chi connectivity index (χ1v) is 9.57. The van der Waals surface area contributed by atoms with Crippen LogP contribution in [0.15, 0.2) is 22.7 Å². The fourth-order valence-corrected chi connectivity index (χ4v) is 6.43. The van der Waals surface area contributed by atoms with Crippen LogP contribution in [0, 0.1) is 0 Å². The van der Waals surface area contributed by atoms with E-state index in [4.69, 9.17) is 4.74 Å². The number of hydrogen-bond acceptors (Lipinski definition) is 3. The van der Waals surface area contributed by atoms with Crippen molar-refractivity contribution >= 4 is 41.7 Å². The zero-order valence-electron chi connectivity index (χ0n) is 10.6. The molecule has 0 spiro atoms. The van der Waals surface area contributed by atoms with Crippen LogP contribution in [0.25, 0.3) is 0 Å². The second-order valence-corrected chi connectivity index (χ2v) is 8.88. The van der Waals surface area contributed by atoms with E-state index in [0.29, 0.717) is 5.75 Å². The van der Waals surface area contributed by atoms with Crippen molar-refractivity contribution in [3.05, 3.63) is 28.2 Å². The van der Waals surface area contributed by atoms with E-state index in [-0.39, 0.29) is 10.1 Å². The molecule has 0 aromatic heterocycles. The minimum absolute atomic E-state index is 0.167. The van der Waals surface area contributed by atoms with Crippen molar-refractivity contribution in [2.24, 2.45) is 0 Å². The summed E-state index contributed by atoms with van der Waals surface area (Å²) in [6.07, 6.45) is 2.48. The van der Waals surface area contributed by atoms with E-state index in [9.17, 15) is 8.42 Å². The number of rotatable bonds is 3. The van der Waals surface area contributed by atoms with E-state index in [1.165, 1.54) is 0 Å². The monoisotopic (exact) mass is 410 g/mol. The van der Waals surface area contributed by atoms with Crippen LogP contribution in [0.4, 0.5) is 0 Å². The molecule has 2 unspecified atom stereocenters. The largest absolute Gasteiger partial charge is 0.496 e. The van der Waals surface area contributed by atoms with Gasteiger partial charge in [-0.2, -0.15) is 0 Å². The van der Waals surface area contributed by atoms with Gasteiger partial charge < -0.3 is 4.74 Å². The third-order valence-electron chi connectivity index (χ3n) is 3.45. The lowest BCUT2D eigenvalue weighted by molar-refractivity contribution is 0.412. The quantitative estimate of drug-likeness (QED) is 0.709. The molecule has 106 valence electrons. The summed E-state index contributed by atoms with van der Waals surface area (Å²) in [4.78, 5) is -0.167. The lowest BCUT2D eigenvalue weighted by atomic mass is 10.1. The molecule has 1 heterocycles. The SMILES string of the molecule is COc1ccc(C(Br)C2CCCCS2(=O)=O)cc1Br. The Bertz CT molecular complexity index is 557. The second kappa shape index (κ2) is 6.14. The number of ether oxygens (including phenoxy) is 1. The molecule has 0 aliphatic carbocycles. The summed E-state index contributed by atoms with van der Waals surface area (Å²) >= 11 is 7.00. The maximum atomic E-state index is 12.1. The predicted octanol–water partition coefficient (Wildman–Crippen LogP) is 3.86. The molecule has 2 atom stereocenters. The van der Waals surface area contributed by atoms with Gasteiger partial charge in [0.05, 0.1) is 27.4 Å². The number of sulfone groups is 1. The van der Waals surface area contributed by atoms with Crippen molar-refractivity contribution in [3.8, 4) is 5.75 Å². The Morgan fingerprint density at radius 3 is 2.68 bits per heavy atom. The fourth-order valence-electron chi connectivity index (χ4n) is 2.38.